The standard InChI is InChI=1S/C15H12ClN3OS/c1-19(13-8-12(16)4-3-11(13)9-17)15(20)10-5-6-18-14(7-10)21-2/h3-8H,1-2H3. The number of anilines is 1. The normalized spacial score (nSPS) is 10.0. The van der Waals surface area contributed by atoms with Gasteiger partial charge in [0.25, 0.3) is 5.91 Å². The van der Waals surface area contributed by atoms with Crippen LogP contribution in [0.4, 0.5) is 5.69 Å². The third-order valence-corrected chi connectivity index (χ3v) is 3.81. The molecule has 4 nitrogen and oxygen atoms in total. The first-order valence-electron chi connectivity index (χ1n) is 6.04. The van der Waals surface area contributed by atoms with Crippen molar-refractivity contribution in [3.63, 3.8) is 0 Å². The molecule has 0 N–H and O–H groups in total. The van der Waals surface area contributed by atoms with E-state index in [0.717, 1.165) is 5.03 Å². The molecule has 1 amide bonds. The molecule has 1 heterocycles. The third-order valence-electron chi connectivity index (χ3n) is 2.94. The number of benzene rings is 1. The lowest BCUT2D eigenvalue weighted by Crippen LogP contribution is -2.27. The lowest BCUT2D eigenvalue weighted by Gasteiger charge is -2.19. The molecule has 0 spiro atoms. The number of pyridine rings is 1. The average molecular weight is 318 g/mol. The van der Waals surface area contributed by atoms with Crippen molar-refractivity contribution in [2.24, 2.45) is 0 Å². The van der Waals surface area contributed by atoms with Gasteiger partial charge in [-0.2, -0.15) is 5.26 Å². The summed E-state index contributed by atoms with van der Waals surface area (Å²) in [6, 6.07) is 10.3. The van der Waals surface area contributed by atoms with Gasteiger partial charge < -0.3 is 4.90 Å². The van der Waals surface area contributed by atoms with Crippen LogP contribution in [0.1, 0.15) is 15.9 Å². The number of rotatable bonds is 3. The molecule has 0 radical (unpaired) electrons. The molecular weight excluding hydrogens is 306 g/mol. The molecule has 0 saturated carbocycles. The number of halogens is 1. The van der Waals surface area contributed by atoms with E-state index >= 15 is 0 Å². The number of nitrogens with zero attached hydrogens (tertiary/aromatic N) is 3. The van der Waals surface area contributed by atoms with Gasteiger partial charge in [0.2, 0.25) is 0 Å². The molecule has 1 aromatic carbocycles. The highest BCUT2D eigenvalue weighted by Gasteiger charge is 2.17. The first kappa shape index (κ1) is 15.4. The minimum atomic E-state index is -0.216. The Morgan fingerprint density at radius 2 is 2.14 bits per heavy atom. The number of amides is 1. The van der Waals surface area contributed by atoms with Gasteiger partial charge in [0.15, 0.2) is 0 Å². The van der Waals surface area contributed by atoms with Crippen molar-refractivity contribution < 1.29 is 4.79 Å². The van der Waals surface area contributed by atoms with E-state index in [1.54, 1.807) is 43.6 Å². The molecule has 2 aromatic rings. The minimum absolute atomic E-state index is 0.216. The molecule has 0 bridgehead atoms. The Morgan fingerprint density at radius 1 is 1.38 bits per heavy atom. The molecule has 0 aliphatic carbocycles. The summed E-state index contributed by atoms with van der Waals surface area (Å²) in [6.45, 7) is 0. The molecule has 0 atom stereocenters. The predicted octanol–water partition coefficient (Wildman–Crippen LogP) is 3.61. The minimum Gasteiger partial charge on any atom is -0.310 e. The Labute approximate surface area is 132 Å². The number of nitriles is 1. The summed E-state index contributed by atoms with van der Waals surface area (Å²) in [7, 11) is 1.62. The van der Waals surface area contributed by atoms with Crippen molar-refractivity contribution in [3.05, 3.63) is 52.7 Å². The number of hydrogen-bond donors (Lipinski definition) is 0. The number of thioether (sulfide) groups is 1. The molecule has 21 heavy (non-hydrogen) atoms. The second kappa shape index (κ2) is 6.61. The van der Waals surface area contributed by atoms with Crippen LogP contribution in [0, 0.1) is 11.3 Å². The van der Waals surface area contributed by atoms with Gasteiger partial charge in [-0.1, -0.05) is 11.6 Å². The van der Waals surface area contributed by atoms with Gasteiger partial charge in [0.1, 0.15) is 6.07 Å². The Bertz CT molecular complexity index is 727. The number of hydrogen-bond acceptors (Lipinski definition) is 4. The smallest absolute Gasteiger partial charge is 0.258 e. The van der Waals surface area contributed by atoms with Gasteiger partial charge >= 0.3 is 0 Å². The first-order chi connectivity index (χ1) is 10.1. The molecule has 0 fully saturated rings. The van der Waals surface area contributed by atoms with Crippen molar-refractivity contribution in [1.82, 2.24) is 4.98 Å². The maximum atomic E-state index is 12.5. The summed E-state index contributed by atoms with van der Waals surface area (Å²) in [6.07, 6.45) is 3.49. The van der Waals surface area contributed by atoms with Crippen LogP contribution in [-0.2, 0) is 0 Å². The fraction of sp³-hybridized carbons (Fsp3) is 0.133. The van der Waals surface area contributed by atoms with E-state index in [-0.39, 0.29) is 5.91 Å². The zero-order chi connectivity index (χ0) is 15.4. The molecule has 0 aliphatic rings. The van der Waals surface area contributed by atoms with Crippen LogP contribution < -0.4 is 4.90 Å². The molecule has 0 saturated heterocycles. The van der Waals surface area contributed by atoms with Gasteiger partial charge in [-0.05, 0) is 36.6 Å². The van der Waals surface area contributed by atoms with E-state index in [2.05, 4.69) is 11.1 Å². The van der Waals surface area contributed by atoms with Crippen LogP contribution in [0.5, 0.6) is 0 Å². The van der Waals surface area contributed by atoms with Crippen molar-refractivity contribution in [3.8, 4) is 6.07 Å². The fourth-order valence-corrected chi connectivity index (χ4v) is 2.41. The quantitative estimate of drug-likeness (QED) is 0.811. The maximum Gasteiger partial charge on any atom is 0.258 e. The first-order valence-corrected chi connectivity index (χ1v) is 7.65. The van der Waals surface area contributed by atoms with Gasteiger partial charge in [-0.25, -0.2) is 4.98 Å². The summed E-state index contributed by atoms with van der Waals surface area (Å²) < 4.78 is 0. The van der Waals surface area contributed by atoms with Crippen LogP contribution in [-0.4, -0.2) is 24.2 Å². The lowest BCUT2D eigenvalue weighted by atomic mass is 10.1. The molecule has 1 aromatic heterocycles. The average Bonchev–Trinajstić information content (AvgIpc) is 2.53. The predicted molar refractivity (Wildman–Crippen MR) is 84.9 cm³/mol. The monoisotopic (exact) mass is 317 g/mol. The van der Waals surface area contributed by atoms with Crippen LogP contribution in [0.15, 0.2) is 41.6 Å². The van der Waals surface area contributed by atoms with E-state index in [4.69, 9.17) is 16.9 Å². The van der Waals surface area contributed by atoms with E-state index < -0.39 is 0 Å². The van der Waals surface area contributed by atoms with Crippen LogP contribution in [0.2, 0.25) is 5.02 Å². The van der Waals surface area contributed by atoms with Gasteiger partial charge in [-0.15, -0.1) is 11.8 Å². The SMILES string of the molecule is CSc1cc(C(=O)N(C)c2cc(Cl)ccc2C#N)ccn1. The summed E-state index contributed by atoms with van der Waals surface area (Å²) in [5, 5.41) is 10.4. The maximum absolute atomic E-state index is 12.5. The van der Waals surface area contributed by atoms with Crippen LogP contribution >= 0.6 is 23.4 Å². The summed E-state index contributed by atoms with van der Waals surface area (Å²) in [4.78, 5) is 18.1. The molecule has 0 aliphatic heterocycles. The van der Waals surface area contributed by atoms with Crippen molar-refractivity contribution in [2.75, 3.05) is 18.2 Å². The summed E-state index contributed by atoms with van der Waals surface area (Å²) >= 11 is 7.42. The Morgan fingerprint density at radius 3 is 2.81 bits per heavy atom. The fourth-order valence-electron chi connectivity index (χ4n) is 1.83. The summed E-state index contributed by atoms with van der Waals surface area (Å²) in [5.41, 5.74) is 1.40. The van der Waals surface area contributed by atoms with Crippen LogP contribution in [0.25, 0.3) is 0 Å². The molecule has 2 rings (SSSR count). The third kappa shape index (κ3) is 3.35. The second-order valence-electron chi connectivity index (χ2n) is 4.22. The molecule has 106 valence electrons. The second-order valence-corrected chi connectivity index (χ2v) is 5.49. The van der Waals surface area contributed by atoms with Crippen molar-refractivity contribution >= 4 is 35.0 Å². The van der Waals surface area contributed by atoms with E-state index in [1.807, 2.05) is 6.26 Å². The number of aromatic nitrogens is 1. The van der Waals surface area contributed by atoms with E-state index in [0.29, 0.717) is 21.8 Å². The summed E-state index contributed by atoms with van der Waals surface area (Å²) in [5.74, 6) is -0.216. The molecular formula is C15H12ClN3OS. The molecule has 0 unspecified atom stereocenters. The highest BCUT2D eigenvalue weighted by Crippen LogP contribution is 2.25. The number of carbonyl (C=O) groups excluding carboxylic acids is 1. The Kier molecular flexibility index (Phi) is 4.84. The topological polar surface area (TPSA) is 57.0 Å². The highest BCUT2D eigenvalue weighted by molar-refractivity contribution is 7.98. The van der Waals surface area contributed by atoms with E-state index in [9.17, 15) is 4.79 Å². The highest BCUT2D eigenvalue weighted by atomic mass is 35.5. The van der Waals surface area contributed by atoms with E-state index in [1.165, 1.54) is 16.7 Å². The lowest BCUT2D eigenvalue weighted by molar-refractivity contribution is 0.0992. The molecule has 6 heteroatoms. The van der Waals surface area contributed by atoms with Crippen molar-refractivity contribution in [2.45, 2.75) is 5.03 Å². The zero-order valence-corrected chi connectivity index (χ0v) is 13.1. The van der Waals surface area contributed by atoms with Gasteiger partial charge in [-0.3, -0.25) is 4.79 Å². The van der Waals surface area contributed by atoms with Gasteiger partial charge in [0, 0.05) is 23.8 Å². The van der Waals surface area contributed by atoms with Gasteiger partial charge in [0.05, 0.1) is 16.3 Å². The number of carbonyl (C=O) groups is 1. The Hall–Kier alpha value is -2.03. The van der Waals surface area contributed by atoms with Crippen LogP contribution in [0.3, 0.4) is 0 Å². The Balaban J connectivity index is 2.39. The zero-order valence-electron chi connectivity index (χ0n) is 11.5. The van der Waals surface area contributed by atoms with Crippen molar-refractivity contribution in [1.29, 1.82) is 5.26 Å². The largest absolute Gasteiger partial charge is 0.310 e.